The Balaban J connectivity index is 1.78. The third kappa shape index (κ3) is 5.58. The maximum absolute atomic E-state index is 13.7. The van der Waals surface area contributed by atoms with Crippen LogP contribution in [-0.2, 0) is 0 Å². The van der Waals surface area contributed by atoms with Crippen LogP contribution in [0.15, 0.2) is 53.5 Å². The van der Waals surface area contributed by atoms with Gasteiger partial charge in [-0.05, 0) is 43.2 Å². The molecule has 0 aliphatic carbocycles. The smallest absolute Gasteiger partial charge is 0.251 e. The molecule has 6 heteroatoms. The maximum Gasteiger partial charge on any atom is 0.251 e. The molecule has 0 spiro atoms. The van der Waals surface area contributed by atoms with Gasteiger partial charge in [0.15, 0.2) is 5.96 Å². The molecule has 2 aromatic carbocycles. The van der Waals surface area contributed by atoms with E-state index < -0.39 is 0 Å². The molecule has 1 unspecified atom stereocenters. The highest BCUT2D eigenvalue weighted by Crippen LogP contribution is 2.16. The number of hydrogen-bond acceptors (Lipinski definition) is 2. The summed E-state index contributed by atoms with van der Waals surface area (Å²) in [6.07, 6.45) is 0. The number of nitrogens with zero attached hydrogens (tertiary/aromatic N) is 1. The molecule has 0 aliphatic heterocycles. The number of aryl methyl sites for hydroxylation is 1. The van der Waals surface area contributed by atoms with Gasteiger partial charge in [0.05, 0.1) is 6.04 Å². The van der Waals surface area contributed by atoms with E-state index in [9.17, 15) is 9.18 Å². The molecule has 0 saturated carbocycles. The van der Waals surface area contributed by atoms with E-state index in [1.165, 1.54) is 6.07 Å². The predicted octanol–water partition coefficient (Wildman–Crippen LogP) is 2.79. The quantitative estimate of drug-likeness (QED) is 0.424. The second-order valence-corrected chi connectivity index (χ2v) is 6.00. The molecule has 26 heavy (non-hydrogen) atoms. The largest absolute Gasteiger partial charge is 0.355 e. The summed E-state index contributed by atoms with van der Waals surface area (Å²) in [5, 5.41) is 9.19. The number of amides is 1. The van der Waals surface area contributed by atoms with Crippen LogP contribution in [0.3, 0.4) is 0 Å². The van der Waals surface area contributed by atoms with Crippen molar-refractivity contribution in [2.75, 3.05) is 20.1 Å². The number of aliphatic imine (C=N–C) groups is 1. The average Bonchev–Trinajstić information content (AvgIpc) is 2.66. The van der Waals surface area contributed by atoms with E-state index >= 15 is 0 Å². The summed E-state index contributed by atoms with van der Waals surface area (Å²) < 4.78 is 13.7. The molecular formula is C20H25FN4O. The third-order valence-corrected chi connectivity index (χ3v) is 4.01. The van der Waals surface area contributed by atoms with Crippen molar-refractivity contribution in [1.29, 1.82) is 0 Å². The first-order valence-electron chi connectivity index (χ1n) is 8.57. The molecular weight excluding hydrogens is 331 g/mol. The lowest BCUT2D eigenvalue weighted by Crippen LogP contribution is -2.42. The first-order chi connectivity index (χ1) is 12.5. The van der Waals surface area contributed by atoms with Gasteiger partial charge in [-0.1, -0.05) is 30.3 Å². The van der Waals surface area contributed by atoms with E-state index in [4.69, 9.17) is 0 Å². The van der Waals surface area contributed by atoms with E-state index in [1.807, 2.05) is 31.2 Å². The summed E-state index contributed by atoms with van der Waals surface area (Å²) in [7, 11) is 1.67. The van der Waals surface area contributed by atoms with Crippen molar-refractivity contribution in [1.82, 2.24) is 16.0 Å². The summed E-state index contributed by atoms with van der Waals surface area (Å²) in [6, 6.07) is 14.1. The topological polar surface area (TPSA) is 65.5 Å². The van der Waals surface area contributed by atoms with Crippen molar-refractivity contribution in [3.05, 3.63) is 71.0 Å². The Labute approximate surface area is 153 Å². The molecule has 5 nitrogen and oxygen atoms in total. The fraction of sp³-hybridized carbons (Fsp3) is 0.300. The van der Waals surface area contributed by atoms with Gasteiger partial charge in [0.2, 0.25) is 0 Å². The Hall–Kier alpha value is -2.89. The number of halogens is 1. The van der Waals surface area contributed by atoms with Crippen LogP contribution in [-0.4, -0.2) is 32.0 Å². The van der Waals surface area contributed by atoms with Crippen molar-refractivity contribution >= 4 is 11.9 Å². The minimum atomic E-state index is -0.220. The molecule has 0 saturated heterocycles. The Kier molecular flexibility index (Phi) is 7.14. The number of hydrogen-bond donors (Lipinski definition) is 3. The Bertz CT molecular complexity index is 762. The van der Waals surface area contributed by atoms with Crippen molar-refractivity contribution in [3.63, 3.8) is 0 Å². The van der Waals surface area contributed by atoms with Crippen LogP contribution in [0.5, 0.6) is 0 Å². The Morgan fingerprint density at radius 2 is 1.81 bits per heavy atom. The minimum Gasteiger partial charge on any atom is -0.355 e. The molecule has 0 aliphatic rings. The van der Waals surface area contributed by atoms with E-state index in [1.54, 1.807) is 32.2 Å². The van der Waals surface area contributed by atoms with Crippen molar-refractivity contribution in [2.24, 2.45) is 4.99 Å². The third-order valence-electron chi connectivity index (χ3n) is 4.01. The van der Waals surface area contributed by atoms with E-state index in [-0.39, 0.29) is 17.8 Å². The molecule has 0 bridgehead atoms. The maximum atomic E-state index is 13.7. The van der Waals surface area contributed by atoms with Crippen LogP contribution in [0.2, 0.25) is 0 Å². The summed E-state index contributed by atoms with van der Waals surface area (Å²) in [5.74, 6) is 0.258. The van der Waals surface area contributed by atoms with E-state index in [0.29, 0.717) is 30.2 Å². The first-order valence-corrected chi connectivity index (χ1v) is 8.57. The highest BCUT2D eigenvalue weighted by Gasteiger charge is 2.10. The molecule has 2 rings (SSSR count). The first kappa shape index (κ1) is 19.4. The van der Waals surface area contributed by atoms with Gasteiger partial charge in [-0.15, -0.1) is 0 Å². The van der Waals surface area contributed by atoms with Crippen LogP contribution in [0, 0.1) is 12.7 Å². The SMILES string of the molecule is CN=C(NCCNC(=O)c1ccccc1)NC(C)c1ccc(C)c(F)c1. The zero-order valence-corrected chi connectivity index (χ0v) is 15.3. The Morgan fingerprint density at radius 1 is 1.12 bits per heavy atom. The van der Waals surface area contributed by atoms with Crippen LogP contribution in [0.4, 0.5) is 4.39 Å². The van der Waals surface area contributed by atoms with Crippen LogP contribution < -0.4 is 16.0 Å². The highest BCUT2D eigenvalue weighted by atomic mass is 19.1. The Morgan fingerprint density at radius 3 is 2.46 bits per heavy atom. The number of carbonyl (C=O) groups excluding carboxylic acids is 1. The van der Waals surface area contributed by atoms with Gasteiger partial charge in [-0.2, -0.15) is 0 Å². The van der Waals surface area contributed by atoms with Crippen molar-refractivity contribution < 1.29 is 9.18 Å². The van der Waals surface area contributed by atoms with Crippen molar-refractivity contribution in [3.8, 4) is 0 Å². The predicted molar refractivity (Wildman–Crippen MR) is 103 cm³/mol. The number of rotatable bonds is 6. The molecule has 2 aromatic rings. The van der Waals surface area contributed by atoms with E-state index in [2.05, 4.69) is 20.9 Å². The van der Waals surface area contributed by atoms with Gasteiger partial charge in [0, 0.05) is 25.7 Å². The zero-order valence-electron chi connectivity index (χ0n) is 15.3. The standard InChI is InChI=1S/C20H25FN4O/c1-14-9-10-17(13-18(14)21)15(2)25-20(22-3)24-12-11-23-19(26)16-7-5-4-6-8-16/h4-10,13,15H,11-12H2,1-3H3,(H,23,26)(H2,22,24,25). The molecule has 3 N–H and O–H groups in total. The minimum absolute atomic E-state index is 0.102. The fourth-order valence-electron chi connectivity index (χ4n) is 2.41. The van der Waals surface area contributed by atoms with E-state index in [0.717, 1.165) is 5.56 Å². The van der Waals surface area contributed by atoms with Crippen LogP contribution >= 0.6 is 0 Å². The zero-order chi connectivity index (χ0) is 18.9. The number of guanidine groups is 1. The molecule has 138 valence electrons. The summed E-state index contributed by atoms with van der Waals surface area (Å²) in [4.78, 5) is 16.1. The number of benzene rings is 2. The summed E-state index contributed by atoms with van der Waals surface area (Å²) in [6.45, 7) is 4.66. The van der Waals surface area contributed by atoms with Gasteiger partial charge in [-0.3, -0.25) is 9.79 Å². The average molecular weight is 356 g/mol. The normalized spacial score (nSPS) is 12.4. The summed E-state index contributed by atoms with van der Waals surface area (Å²) in [5.41, 5.74) is 2.09. The highest BCUT2D eigenvalue weighted by molar-refractivity contribution is 5.94. The lowest BCUT2D eigenvalue weighted by Gasteiger charge is -2.19. The van der Waals surface area contributed by atoms with Crippen LogP contribution in [0.1, 0.15) is 34.5 Å². The lowest BCUT2D eigenvalue weighted by molar-refractivity contribution is 0.0954. The molecule has 0 aromatic heterocycles. The van der Waals surface area contributed by atoms with Gasteiger partial charge in [-0.25, -0.2) is 4.39 Å². The second kappa shape index (κ2) is 9.56. The summed E-state index contributed by atoms with van der Waals surface area (Å²) >= 11 is 0. The second-order valence-electron chi connectivity index (χ2n) is 6.00. The lowest BCUT2D eigenvalue weighted by atomic mass is 10.1. The number of nitrogens with one attached hydrogen (secondary N) is 3. The van der Waals surface area contributed by atoms with Crippen molar-refractivity contribution in [2.45, 2.75) is 19.9 Å². The van der Waals surface area contributed by atoms with Gasteiger partial charge in [0.1, 0.15) is 5.82 Å². The van der Waals surface area contributed by atoms with Gasteiger partial charge >= 0.3 is 0 Å². The van der Waals surface area contributed by atoms with Gasteiger partial charge < -0.3 is 16.0 Å². The monoisotopic (exact) mass is 356 g/mol. The molecule has 1 atom stereocenters. The van der Waals surface area contributed by atoms with Crippen LogP contribution in [0.25, 0.3) is 0 Å². The number of carbonyl (C=O) groups is 1. The molecule has 1 amide bonds. The van der Waals surface area contributed by atoms with Gasteiger partial charge in [0.25, 0.3) is 5.91 Å². The fourth-order valence-corrected chi connectivity index (χ4v) is 2.41. The molecule has 0 fully saturated rings. The molecule has 0 heterocycles. The molecule has 0 radical (unpaired) electrons.